The summed E-state index contributed by atoms with van der Waals surface area (Å²) < 4.78 is 5.02. The van der Waals surface area contributed by atoms with Gasteiger partial charge in [-0.3, -0.25) is 4.79 Å². The second-order valence-corrected chi connectivity index (χ2v) is 5.45. The number of halogens is 1. The van der Waals surface area contributed by atoms with Gasteiger partial charge in [0.15, 0.2) is 10.9 Å². The summed E-state index contributed by atoms with van der Waals surface area (Å²) >= 11 is 7.06. The fourth-order valence-corrected chi connectivity index (χ4v) is 2.47. The van der Waals surface area contributed by atoms with Crippen molar-refractivity contribution < 1.29 is 19.4 Å². The number of aromatic nitrogens is 2. The van der Waals surface area contributed by atoms with Crippen molar-refractivity contribution in [3.63, 3.8) is 0 Å². The maximum Gasteiger partial charge on any atom is 0.356 e. The maximum atomic E-state index is 11.8. The minimum absolute atomic E-state index is 0.0796. The number of amides is 1. The number of aromatic amines is 1. The van der Waals surface area contributed by atoms with Gasteiger partial charge in [0.25, 0.3) is 0 Å². The average molecular weight is 342 g/mol. The van der Waals surface area contributed by atoms with E-state index in [4.69, 9.17) is 21.4 Å². The van der Waals surface area contributed by atoms with Crippen molar-refractivity contribution in [2.75, 3.05) is 18.2 Å². The van der Waals surface area contributed by atoms with E-state index in [2.05, 4.69) is 15.3 Å². The second kappa shape index (κ2) is 7.19. The van der Waals surface area contributed by atoms with Crippen molar-refractivity contribution >= 4 is 40.9 Å². The minimum atomic E-state index is -1.12. The first-order valence-corrected chi connectivity index (χ1v) is 7.41. The molecule has 0 aliphatic rings. The van der Waals surface area contributed by atoms with Crippen molar-refractivity contribution in [1.29, 1.82) is 0 Å². The first-order valence-electron chi connectivity index (χ1n) is 6.04. The van der Waals surface area contributed by atoms with Gasteiger partial charge in [0.2, 0.25) is 5.91 Å². The molecular weight excluding hydrogens is 330 g/mol. The second-order valence-electron chi connectivity index (χ2n) is 4.08. The number of methoxy groups -OCH3 is 1. The largest absolute Gasteiger partial charge is 0.495 e. The van der Waals surface area contributed by atoms with Crippen LogP contribution in [0.1, 0.15) is 10.5 Å². The van der Waals surface area contributed by atoms with Crippen LogP contribution in [0.4, 0.5) is 5.69 Å². The topological polar surface area (TPSA) is 104 Å². The molecule has 0 aliphatic heterocycles. The van der Waals surface area contributed by atoms with Gasteiger partial charge in [0.1, 0.15) is 5.75 Å². The summed E-state index contributed by atoms with van der Waals surface area (Å²) in [4.78, 5) is 29.0. The summed E-state index contributed by atoms with van der Waals surface area (Å²) in [6.07, 6.45) is 1.27. The molecule has 3 N–H and O–H groups in total. The van der Waals surface area contributed by atoms with E-state index in [9.17, 15) is 9.59 Å². The number of carbonyl (C=O) groups excluding carboxylic acids is 1. The van der Waals surface area contributed by atoms with E-state index >= 15 is 0 Å². The van der Waals surface area contributed by atoms with Crippen LogP contribution in [0.25, 0.3) is 0 Å². The number of carbonyl (C=O) groups is 2. The molecule has 2 aromatic rings. The number of benzene rings is 1. The van der Waals surface area contributed by atoms with E-state index in [1.165, 1.54) is 13.3 Å². The molecule has 0 bridgehead atoms. The third kappa shape index (κ3) is 4.15. The number of nitrogens with one attached hydrogen (secondary N) is 2. The summed E-state index contributed by atoms with van der Waals surface area (Å²) in [5.74, 6) is -0.790. The van der Waals surface area contributed by atoms with Crippen LogP contribution in [0.2, 0.25) is 5.02 Å². The fourth-order valence-electron chi connectivity index (χ4n) is 1.56. The number of imidazole rings is 1. The van der Waals surface area contributed by atoms with E-state index in [1.54, 1.807) is 18.2 Å². The monoisotopic (exact) mass is 341 g/mol. The molecule has 0 aliphatic carbocycles. The number of ether oxygens (including phenoxy) is 1. The zero-order chi connectivity index (χ0) is 16.1. The van der Waals surface area contributed by atoms with Crippen LogP contribution >= 0.6 is 23.4 Å². The van der Waals surface area contributed by atoms with Crippen molar-refractivity contribution in [2.45, 2.75) is 5.16 Å². The normalized spacial score (nSPS) is 10.3. The molecule has 1 aromatic carbocycles. The Hall–Kier alpha value is -2.19. The number of rotatable bonds is 6. The number of carboxylic acid groups (broad SMARTS) is 1. The lowest BCUT2D eigenvalue weighted by atomic mass is 10.3. The molecule has 0 radical (unpaired) electrons. The predicted octanol–water partition coefficient (Wildman–Crippen LogP) is 2.50. The van der Waals surface area contributed by atoms with Crippen LogP contribution < -0.4 is 10.1 Å². The summed E-state index contributed by atoms with van der Waals surface area (Å²) in [5, 5.41) is 12.2. The molecule has 1 heterocycles. The molecule has 1 aromatic heterocycles. The third-order valence-corrected chi connectivity index (χ3v) is 3.73. The number of hydrogen-bond acceptors (Lipinski definition) is 5. The molecule has 0 spiro atoms. The number of nitrogens with zero attached hydrogens (tertiary/aromatic N) is 1. The Morgan fingerprint density at radius 3 is 2.86 bits per heavy atom. The number of aromatic carboxylic acids is 1. The van der Waals surface area contributed by atoms with Gasteiger partial charge in [-0.05, 0) is 18.2 Å². The highest BCUT2D eigenvalue weighted by atomic mass is 35.5. The van der Waals surface area contributed by atoms with Crippen LogP contribution in [-0.4, -0.2) is 39.8 Å². The molecule has 0 saturated heterocycles. The Morgan fingerprint density at radius 2 is 2.27 bits per heavy atom. The van der Waals surface area contributed by atoms with E-state index in [1.807, 2.05) is 0 Å². The highest BCUT2D eigenvalue weighted by molar-refractivity contribution is 7.99. The van der Waals surface area contributed by atoms with Crippen molar-refractivity contribution in [1.82, 2.24) is 9.97 Å². The van der Waals surface area contributed by atoms with Crippen molar-refractivity contribution in [3.8, 4) is 5.75 Å². The molecule has 0 unspecified atom stereocenters. The van der Waals surface area contributed by atoms with Gasteiger partial charge in [0.05, 0.1) is 17.9 Å². The van der Waals surface area contributed by atoms with Gasteiger partial charge < -0.3 is 20.1 Å². The lowest BCUT2D eigenvalue weighted by molar-refractivity contribution is -0.113. The number of anilines is 1. The van der Waals surface area contributed by atoms with Gasteiger partial charge in [0, 0.05) is 11.9 Å². The van der Waals surface area contributed by atoms with Gasteiger partial charge in [-0.15, -0.1) is 0 Å². The fraction of sp³-hybridized carbons (Fsp3) is 0.154. The van der Waals surface area contributed by atoms with Gasteiger partial charge >= 0.3 is 5.97 Å². The molecule has 0 atom stereocenters. The number of hydrogen-bond donors (Lipinski definition) is 3. The maximum absolute atomic E-state index is 11.8. The van der Waals surface area contributed by atoms with Crippen LogP contribution in [-0.2, 0) is 4.79 Å². The van der Waals surface area contributed by atoms with Crippen molar-refractivity contribution in [2.24, 2.45) is 0 Å². The molecule has 116 valence electrons. The van der Waals surface area contributed by atoms with Gasteiger partial charge in [-0.1, -0.05) is 23.4 Å². The predicted molar refractivity (Wildman–Crippen MR) is 82.9 cm³/mol. The SMILES string of the molecule is COc1ccc(NC(=O)CSc2nc(C(=O)O)c[nH]2)cc1Cl. The number of carboxylic acids is 1. The zero-order valence-corrected chi connectivity index (χ0v) is 13.0. The molecule has 1 amide bonds. The third-order valence-electron chi connectivity index (χ3n) is 2.55. The molecular formula is C13H12ClN3O4S. The Morgan fingerprint density at radius 1 is 1.50 bits per heavy atom. The summed E-state index contributed by atoms with van der Waals surface area (Å²) in [7, 11) is 1.50. The molecule has 9 heteroatoms. The molecule has 7 nitrogen and oxygen atoms in total. The van der Waals surface area contributed by atoms with E-state index in [0.717, 1.165) is 11.8 Å². The number of H-pyrrole nitrogens is 1. The summed E-state index contributed by atoms with van der Waals surface area (Å²) in [6, 6.07) is 4.90. The number of thioether (sulfide) groups is 1. The van der Waals surface area contributed by atoms with E-state index < -0.39 is 5.97 Å². The molecule has 0 fully saturated rings. The Kier molecular flexibility index (Phi) is 5.29. The van der Waals surface area contributed by atoms with Crippen LogP contribution in [0.5, 0.6) is 5.75 Å². The van der Waals surface area contributed by atoms with Gasteiger partial charge in [-0.25, -0.2) is 9.78 Å². The highest BCUT2D eigenvalue weighted by Gasteiger charge is 2.11. The smallest absolute Gasteiger partial charge is 0.356 e. The summed E-state index contributed by atoms with van der Waals surface area (Å²) in [6.45, 7) is 0. The summed E-state index contributed by atoms with van der Waals surface area (Å²) in [5.41, 5.74) is 0.451. The van der Waals surface area contributed by atoms with Crippen LogP contribution in [0, 0.1) is 0 Å². The Labute approximate surface area is 135 Å². The first-order chi connectivity index (χ1) is 10.5. The van der Waals surface area contributed by atoms with E-state index in [0.29, 0.717) is 21.6 Å². The quantitative estimate of drug-likeness (QED) is 0.697. The minimum Gasteiger partial charge on any atom is -0.495 e. The van der Waals surface area contributed by atoms with E-state index in [-0.39, 0.29) is 17.4 Å². The lowest BCUT2D eigenvalue weighted by Crippen LogP contribution is -2.14. The molecule has 0 saturated carbocycles. The lowest BCUT2D eigenvalue weighted by Gasteiger charge is -2.07. The highest BCUT2D eigenvalue weighted by Crippen LogP contribution is 2.27. The zero-order valence-electron chi connectivity index (χ0n) is 11.4. The van der Waals surface area contributed by atoms with Crippen molar-refractivity contribution in [3.05, 3.63) is 35.1 Å². The Balaban J connectivity index is 1.89. The first kappa shape index (κ1) is 16.2. The Bertz CT molecular complexity index is 704. The van der Waals surface area contributed by atoms with Crippen LogP contribution in [0.15, 0.2) is 29.6 Å². The van der Waals surface area contributed by atoms with Crippen LogP contribution in [0.3, 0.4) is 0 Å². The van der Waals surface area contributed by atoms with Gasteiger partial charge in [-0.2, -0.15) is 0 Å². The molecule has 2 rings (SSSR count). The standard InChI is InChI=1S/C13H12ClN3O4S/c1-21-10-3-2-7(4-8(10)14)16-11(18)6-22-13-15-5-9(17-13)12(19)20/h2-5H,6H2,1H3,(H,15,17)(H,16,18)(H,19,20). The molecule has 22 heavy (non-hydrogen) atoms. The average Bonchev–Trinajstić information content (AvgIpc) is 2.94.